The molecule has 1 N–H and O–H groups in total. The van der Waals surface area contributed by atoms with Crippen LogP contribution in [0.5, 0.6) is 0 Å². The minimum absolute atomic E-state index is 0.129. The van der Waals surface area contributed by atoms with E-state index in [0.29, 0.717) is 12.8 Å². The Morgan fingerprint density at radius 1 is 1.14 bits per heavy atom. The number of carbonyl (C=O) groups is 1. The number of carbonyl (C=O) groups excluding carboxylic acids is 1. The van der Waals surface area contributed by atoms with Gasteiger partial charge < -0.3 is 5.32 Å². The summed E-state index contributed by atoms with van der Waals surface area (Å²) in [7, 11) is -1.62. The lowest BCUT2D eigenvalue weighted by atomic mass is 10.0. The Bertz CT molecular complexity index is 675. The van der Waals surface area contributed by atoms with Gasteiger partial charge in [-0.15, -0.1) is 0 Å². The summed E-state index contributed by atoms with van der Waals surface area (Å²) < 4.78 is 26.0. The monoisotopic (exact) mass is 322 g/mol. The molecule has 0 aromatic heterocycles. The molecule has 1 fully saturated rings. The number of ketones is 1. The molecule has 0 saturated carbocycles. The number of piperidine rings is 1. The van der Waals surface area contributed by atoms with Crippen molar-refractivity contribution < 1.29 is 13.2 Å². The van der Waals surface area contributed by atoms with Crippen molar-refractivity contribution in [3.05, 3.63) is 34.2 Å². The SMILES string of the molecule is CNc1cc(C)c(/C=C/S(=O)(=O)N2CCC(=O)CC2)c(C)c1. The lowest BCUT2D eigenvalue weighted by molar-refractivity contribution is -0.120. The third-order valence-corrected chi connectivity index (χ3v) is 5.49. The van der Waals surface area contributed by atoms with Crippen molar-refractivity contribution in [2.75, 3.05) is 25.5 Å². The van der Waals surface area contributed by atoms with Crippen LogP contribution in [-0.2, 0) is 14.8 Å². The molecule has 0 unspecified atom stereocenters. The van der Waals surface area contributed by atoms with E-state index in [1.54, 1.807) is 6.08 Å². The van der Waals surface area contributed by atoms with Crippen LogP contribution in [0.25, 0.3) is 6.08 Å². The molecule has 1 aliphatic rings. The fourth-order valence-electron chi connectivity index (χ4n) is 2.61. The van der Waals surface area contributed by atoms with Crippen molar-refractivity contribution >= 4 is 27.6 Å². The van der Waals surface area contributed by atoms with E-state index in [1.165, 1.54) is 9.71 Å². The summed E-state index contributed by atoms with van der Waals surface area (Å²) in [5.74, 6) is 0.129. The van der Waals surface area contributed by atoms with E-state index in [4.69, 9.17) is 0 Å². The third-order valence-electron chi connectivity index (χ3n) is 3.93. The molecule has 1 aromatic carbocycles. The van der Waals surface area contributed by atoms with Gasteiger partial charge in [-0.25, -0.2) is 8.42 Å². The minimum Gasteiger partial charge on any atom is -0.388 e. The highest BCUT2D eigenvalue weighted by Gasteiger charge is 2.24. The van der Waals surface area contributed by atoms with Crippen LogP contribution in [0.15, 0.2) is 17.5 Å². The predicted molar refractivity (Wildman–Crippen MR) is 89.2 cm³/mol. The molecule has 120 valence electrons. The average molecular weight is 322 g/mol. The van der Waals surface area contributed by atoms with Crippen molar-refractivity contribution in [3.63, 3.8) is 0 Å². The normalized spacial score (nSPS) is 17.1. The zero-order valence-electron chi connectivity index (χ0n) is 13.2. The molecule has 1 aromatic rings. The second kappa shape index (κ2) is 6.62. The summed E-state index contributed by atoms with van der Waals surface area (Å²) in [6.07, 6.45) is 2.26. The zero-order valence-corrected chi connectivity index (χ0v) is 14.0. The van der Waals surface area contributed by atoms with Crippen molar-refractivity contribution in [2.24, 2.45) is 0 Å². The molecule has 0 aliphatic carbocycles. The number of Topliss-reactive ketones (excluding diaryl/α,β-unsaturated/α-hetero) is 1. The van der Waals surface area contributed by atoms with Crippen LogP contribution in [0.3, 0.4) is 0 Å². The second-order valence-electron chi connectivity index (χ2n) is 5.56. The molecule has 0 amide bonds. The van der Waals surface area contributed by atoms with Crippen LogP contribution in [0, 0.1) is 13.8 Å². The van der Waals surface area contributed by atoms with Gasteiger partial charge in [0.2, 0.25) is 10.0 Å². The molecular formula is C16H22N2O3S. The topological polar surface area (TPSA) is 66.5 Å². The van der Waals surface area contributed by atoms with Gasteiger partial charge in [0.1, 0.15) is 5.78 Å². The smallest absolute Gasteiger partial charge is 0.236 e. The van der Waals surface area contributed by atoms with Gasteiger partial charge in [-0.1, -0.05) is 0 Å². The van der Waals surface area contributed by atoms with E-state index in [9.17, 15) is 13.2 Å². The molecule has 1 saturated heterocycles. The van der Waals surface area contributed by atoms with Gasteiger partial charge in [-0.2, -0.15) is 4.31 Å². The first-order chi connectivity index (χ1) is 10.3. The van der Waals surface area contributed by atoms with Gasteiger partial charge >= 0.3 is 0 Å². The van der Waals surface area contributed by atoms with E-state index in [-0.39, 0.29) is 18.9 Å². The van der Waals surface area contributed by atoms with Gasteiger partial charge in [0.05, 0.1) is 0 Å². The number of rotatable bonds is 4. The Hall–Kier alpha value is -1.66. The zero-order chi connectivity index (χ0) is 16.3. The Balaban J connectivity index is 2.22. The average Bonchev–Trinajstić information content (AvgIpc) is 2.46. The van der Waals surface area contributed by atoms with Gasteiger partial charge in [0.25, 0.3) is 0 Å². The second-order valence-corrected chi connectivity index (χ2v) is 7.38. The number of hydrogen-bond donors (Lipinski definition) is 1. The van der Waals surface area contributed by atoms with Crippen molar-refractivity contribution in [2.45, 2.75) is 26.7 Å². The van der Waals surface area contributed by atoms with Crippen LogP contribution in [0.1, 0.15) is 29.5 Å². The number of aryl methyl sites for hydroxylation is 2. The molecule has 0 bridgehead atoms. The van der Waals surface area contributed by atoms with E-state index in [2.05, 4.69) is 5.32 Å². The molecule has 22 heavy (non-hydrogen) atoms. The minimum atomic E-state index is -3.47. The summed E-state index contributed by atoms with van der Waals surface area (Å²) in [5, 5.41) is 4.33. The molecule has 0 radical (unpaired) electrons. The maximum Gasteiger partial charge on any atom is 0.236 e. The Labute approximate surface area is 132 Å². The van der Waals surface area contributed by atoms with Crippen LogP contribution < -0.4 is 5.32 Å². The first kappa shape index (κ1) is 16.7. The number of anilines is 1. The first-order valence-electron chi connectivity index (χ1n) is 7.32. The standard InChI is InChI=1S/C16H22N2O3S/c1-12-10-14(17-3)11-13(2)16(12)6-9-22(20,21)18-7-4-15(19)5-8-18/h6,9-11,17H,4-5,7-8H2,1-3H3/b9-6+. The van der Waals surface area contributed by atoms with E-state index in [0.717, 1.165) is 22.4 Å². The van der Waals surface area contributed by atoms with E-state index in [1.807, 2.05) is 33.0 Å². The van der Waals surface area contributed by atoms with Crippen LogP contribution in [0.4, 0.5) is 5.69 Å². The Morgan fingerprint density at radius 2 is 1.68 bits per heavy atom. The van der Waals surface area contributed by atoms with Gasteiger partial charge in [0.15, 0.2) is 0 Å². The summed E-state index contributed by atoms with van der Waals surface area (Å²) in [4.78, 5) is 11.2. The van der Waals surface area contributed by atoms with Gasteiger partial charge in [-0.05, 0) is 48.7 Å². The molecule has 1 aliphatic heterocycles. The molecule has 1 heterocycles. The van der Waals surface area contributed by atoms with E-state index < -0.39 is 10.0 Å². The van der Waals surface area contributed by atoms with Crippen LogP contribution in [0.2, 0.25) is 0 Å². The Kier molecular flexibility index (Phi) is 5.03. The number of nitrogens with zero attached hydrogens (tertiary/aromatic N) is 1. The number of benzene rings is 1. The van der Waals surface area contributed by atoms with Crippen LogP contribution >= 0.6 is 0 Å². The summed E-state index contributed by atoms with van der Waals surface area (Å²) >= 11 is 0. The van der Waals surface area contributed by atoms with Crippen LogP contribution in [-0.4, -0.2) is 38.6 Å². The predicted octanol–water partition coefficient (Wildman–Crippen LogP) is 2.31. The molecule has 0 atom stereocenters. The maximum atomic E-state index is 12.3. The largest absolute Gasteiger partial charge is 0.388 e. The molecular weight excluding hydrogens is 300 g/mol. The van der Waals surface area contributed by atoms with Crippen molar-refractivity contribution in [1.82, 2.24) is 4.31 Å². The fraction of sp³-hybridized carbons (Fsp3) is 0.438. The quantitative estimate of drug-likeness (QED) is 0.924. The lowest BCUT2D eigenvalue weighted by Gasteiger charge is -2.23. The molecule has 6 heteroatoms. The lowest BCUT2D eigenvalue weighted by Crippen LogP contribution is -2.37. The number of sulfonamides is 1. The fourth-order valence-corrected chi connectivity index (χ4v) is 3.78. The summed E-state index contributed by atoms with van der Waals surface area (Å²) in [5.41, 5.74) is 3.95. The summed E-state index contributed by atoms with van der Waals surface area (Å²) in [6, 6.07) is 3.97. The van der Waals surface area contributed by atoms with Gasteiger partial charge in [0, 0.05) is 44.1 Å². The van der Waals surface area contributed by atoms with Gasteiger partial charge in [-0.3, -0.25) is 4.79 Å². The number of nitrogens with one attached hydrogen (secondary N) is 1. The molecule has 2 rings (SSSR count). The first-order valence-corrected chi connectivity index (χ1v) is 8.83. The van der Waals surface area contributed by atoms with Crippen molar-refractivity contribution in [1.29, 1.82) is 0 Å². The number of hydrogen-bond acceptors (Lipinski definition) is 4. The third kappa shape index (κ3) is 3.75. The maximum absolute atomic E-state index is 12.3. The summed E-state index contributed by atoms with van der Waals surface area (Å²) in [6.45, 7) is 4.48. The molecule has 5 nitrogen and oxygen atoms in total. The highest BCUT2D eigenvalue weighted by Crippen LogP contribution is 2.22. The molecule has 0 spiro atoms. The highest BCUT2D eigenvalue weighted by molar-refractivity contribution is 7.92. The highest BCUT2D eigenvalue weighted by atomic mass is 32.2. The van der Waals surface area contributed by atoms with Crippen molar-refractivity contribution in [3.8, 4) is 0 Å². The van der Waals surface area contributed by atoms with E-state index >= 15 is 0 Å². The Morgan fingerprint density at radius 3 is 2.18 bits per heavy atom.